The smallest absolute Gasteiger partial charge is 0.440 e. The number of fused-ring (bicyclic) bond motifs is 1. The lowest BCUT2D eigenvalue weighted by atomic mass is 9.97. The number of oxazole rings is 1. The molecule has 0 amide bonds. The number of rotatable bonds is 6. The van der Waals surface area contributed by atoms with Crippen molar-refractivity contribution in [2.45, 2.75) is 37.8 Å². The molecule has 0 fully saturated rings. The Hall–Kier alpha value is -4.76. The Labute approximate surface area is 252 Å². The summed E-state index contributed by atoms with van der Waals surface area (Å²) in [4.78, 5) is 4.39. The number of aryl methyl sites for hydroxylation is 2. The molecule has 0 unspecified atom stereocenters. The minimum Gasteiger partial charge on any atom is -0.440 e. The molecule has 0 bridgehead atoms. The maximum atomic E-state index is 13.7. The number of aromatic nitrogens is 3. The van der Waals surface area contributed by atoms with Crippen LogP contribution < -0.4 is 9.47 Å². The summed E-state index contributed by atoms with van der Waals surface area (Å²) >= 11 is 0. The molecule has 234 valence electrons. The first kappa shape index (κ1) is 30.3. The van der Waals surface area contributed by atoms with E-state index in [4.69, 9.17) is 4.42 Å². The average Bonchev–Trinajstić information content (AvgIpc) is 3.64. The highest BCUT2D eigenvalue weighted by atomic mass is 32.2. The fourth-order valence-corrected chi connectivity index (χ4v) is 6.00. The number of sulfone groups is 1. The Balaban J connectivity index is 1.58. The Morgan fingerprint density at radius 2 is 1.58 bits per heavy atom. The molecular weight excluding hydrogens is 625 g/mol. The summed E-state index contributed by atoms with van der Waals surface area (Å²) in [7, 11) is -3.74. The molecule has 6 rings (SSSR count). The molecule has 9 nitrogen and oxygen atoms in total. The molecular formula is C30H22F5N3O6S. The monoisotopic (exact) mass is 647 g/mol. The lowest BCUT2D eigenvalue weighted by Crippen LogP contribution is -2.25. The summed E-state index contributed by atoms with van der Waals surface area (Å²) in [6.07, 6.45) is -7.59. The number of ether oxygens (including phenoxy) is 2. The molecule has 0 saturated carbocycles. The largest absolute Gasteiger partial charge is 0.586 e. The zero-order valence-corrected chi connectivity index (χ0v) is 24.4. The van der Waals surface area contributed by atoms with Crippen LogP contribution in [0.15, 0.2) is 70.0 Å². The van der Waals surface area contributed by atoms with Crippen LogP contribution in [0.1, 0.15) is 22.8 Å². The number of nitrogens with zero attached hydrogens (tertiary/aromatic N) is 3. The lowest BCUT2D eigenvalue weighted by molar-refractivity contribution is -0.286. The predicted molar refractivity (Wildman–Crippen MR) is 150 cm³/mol. The number of hydrogen-bond donors (Lipinski definition) is 1. The second-order valence-corrected chi connectivity index (χ2v) is 12.3. The van der Waals surface area contributed by atoms with Crippen molar-refractivity contribution in [2.75, 3.05) is 6.26 Å². The van der Waals surface area contributed by atoms with E-state index >= 15 is 0 Å². The van der Waals surface area contributed by atoms with Crippen LogP contribution in [0.5, 0.6) is 11.5 Å². The molecule has 0 atom stereocenters. The van der Waals surface area contributed by atoms with Crippen LogP contribution in [-0.4, -0.2) is 40.8 Å². The van der Waals surface area contributed by atoms with Crippen molar-refractivity contribution in [1.82, 2.24) is 14.8 Å². The Morgan fingerprint density at radius 1 is 0.911 bits per heavy atom. The third-order valence-corrected chi connectivity index (χ3v) is 8.20. The van der Waals surface area contributed by atoms with Gasteiger partial charge in [0.2, 0.25) is 0 Å². The molecule has 0 saturated heterocycles. The van der Waals surface area contributed by atoms with Gasteiger partial charge in [-0.05, 0) is 66.1 Å². The zero-order chi connectivity index (χ0) is 32.5. The Morgan fingerprint density at radius 3 is 2.24 bits per heavy atom. The first-order valence-corrected chi connectivity index (χ1v) is 15.0. The third kappa shape index (κ3) is 5.64. The van der Waals surface area contributed by atoms with Crippen LogP contribution in [0.25, 0.3) is 39.4 Å². The molecule has 1 aliphatic rings. The van der Waals surface area contributed by atoms with Gasteiger partial charge in [0.25, 0.3) is 0 Å². The van der Waals surface area contributed by atoms with Crippen LogP contribution in [0.4, 0.5) is 22.0 Å². The number of hydrogen-bond acceptors (Lipinski definition) is 8. The molecule has 0 aliphatic carbocycles. The van der Waals surface area contributed by atoms with Gasteiger partial charge in [-0.2, -0.15) is 18.3 Å². The van der Waals surface area contributed by atoms with E-state index < -0.39 is 34.6 Å². The van der Waals surface area contributed by atoms with E-state index in [0.29, 0.717) is 11.1 Å². The third-order valence-electron chi connectivity index (χ3n) is 7.03. The van der Waals surface area contributed by atoms with Crippen molar-refractivity contribution in [3.63, 3.8) is 0 Å². The van der Waals surface area contributed by atoms with Gasteiger partial charge in [-0.1, -0.05) is 18.2 Å². The summed E-state index contributed by atoms with van der Waals surface area (Å²) < 4.78 is 109. The second kappa shape index (κ2) is 10.4. The molecule has 2 aromatic heterocycles. The molecule has 15 heteroatoms. The van der Waals surface area contributed by atoms with Crippen molar-refractivity contribution in [3.8, 4) is 50.9 Å². The Kier molecular flexibility index (Phi) is 7.00. The van der Waals surface area contributed by atoms with Gasteiger partial charge < -0.3 is 19.0 Å². The fraction of sp³-hybridized carbons (Fsp3) is 0.200. The normalized spacial score (nSPS) is 14.2. The number of alkyl halides is 5. The van der Waals surface area contributed by atoms with Gasteiger partial charge in [0.05, 0.1) is 17.2 Å². The van der Waals surface area contributed by atoms with E-state index in [0.717, 1.165) is 17.0 Å². The van der Waals surface area contributed by atoms with Crippen LogP contribution in [0.3, 0.4) is 0 Å². The van der Waals surface area contributed by atoms with Crippen LogP contribution >= 0.6 is 0 Å². The summed E-state index contributed by atoms with van der Waals surface area (Å²) in [5.74, 6) is -0.231. The standard InChI is InChI=1S/C30H22F5N3O6S/c1-15-10-26(29(31,32)33)37-38(15)22-8-6-17(18-4-5-20(14-39)25(13-18)45(3,40)41)11-21(22)27-28(42-16(2)36-27)19-7-9-23-24(12-19)44-30(34,35)43-23/h4-13,39H,14H2,1-3H3. The highest BCUT2D eigenvalue weighted by molar-refractivity contribution is 7.90. The number of halogens is 5. The fourth-order valence-electron chi connectivity index (χ4n) is 5.05. The minimum absolute atomic E-state index is 0.0841. The second-order valence-electron chi connectivity index (χ2n) is 10.3. The molecule has 0 radical (unpaired) electrons. The quantitative estimate of drug-likeness (QED) is 0.202. The van der Waals surface area contributed by atoms with Crippen LogP contribution in [-0.2, 0) is 22.6 Å². The highest BCUT2D eigenvalue weighted by Crippen LogP contribution is 2.45. The van der Waals surface area contributed by atoms with Crippen LogP contribution in [0, 0.1) is 13.8 Å². The molecule has 3 heterocycles. The van der Waals surface area contributed by atoms with Gasteiger partial charge >= 0.3 is 12.5 Å². The maximum Gasteiger partial charge on any atom is 0.586 e. The van der Waals surface area contributed by atoms with Gasteiger partial charge in [0, 0.05) is 30.0 Å². The van der Waals surface area contributed by atoms with E-state index in [-0.39, 0.29) is 61.8 Å². The van der Waals surface area contributed by atoms with Gasteiger partial charge in [-0.25, -0.2) is 18.1 Å². The molecule has 3 aromatic carbocycles. The van der Waals surface area contributed by atoms with Crippen molar-refractivity contribution >= 4 is 9.84 Å². The zero-order valence-electron chi connectivity index (χ0n) is 23.6. The van der Waals surface area contributed by atoms with E-state index in [9.17, 15) is 35.5 Å². The van der Waals surface area contributed by atoms with Crippen molar-refractivity contribution < 1.29 is 49.4 Å². The van der Waals surface area contributed by atoms with Gasteiger partial charge in [-0.15, -0.1) is 8.78 Å². The van der Waals surface area contributed by atoms with E-state index in [2.05, 4.69) is 19.6 Å². The molecule has 1 N–H and O–H groups in total. The van der Waals surface area contributed by atoms with Gasteiger partial charge in [0.1, 0.15) is 5.69 Å². The number of aliphatic hydroxyl groups is 1. The van der Waals surface area contributed by atoms with Crippen molar-refractivity contribution in [1.29, 1.82) is 0 Å². The van der Waals surface area contributed by atoms with Crippen molar-refractivity contribution in [2.24, 2.45) is 0 Å². The van der Waals surface area contributed by atoms with E-state index in [1.807, 2.05) is 0 Å². The maximum absolute atomic E-state index is 13.7. The summed E-state index contributed by atoms with van der Waals surface area (Å²) in [6, 6.07) is 13.9. The average molecular weight is 648 g/mol. The van der Waals surface area contributed by atoms with Crippen LogP contribution in [0.2, 0.25) is 0 Å². The summed E-state index contributed by atoms with van der Waals surface area (Å²) in [5, 5.41) is 13.5. The van der Waals surface area contributed by atoms with Gasteiger partial charge in [0.15, 0.2) is 38.7 Å². The summed E-state index contributed by atoms with van der Waals surface area (Å²) in [6.45, 7) is 2.46. The van der Waals surface area contributed by atoms with Gasteiger partial charge in [-0.3, -0.25) is 0 Å². The topological polar surface area (TPSA) is 117 Å². The first-order valence-electron chi connectivity index (χ1n) is 13.1. The SMILES string of the molecule is Cc1nc(-c2cc(-c3ccc(CO)c(S(C)(=O)=O)c3)ccc2-n2nc(C(F)(F)F)cc2C)c(-c2ccc3c(c2)OC(F)(F)O3)o1. The van der Waals surface area contributed by atoms with E-state index in [1.54, 1.807) is 18.2 Å². The molecule has 1 aliphatic heterocycles. The number of benzene rings is 3. The molecule has 0 spiro atoms. The summed E-state index contributed by atoms with van der Waals surface area (Å²) in [5.41, 5.74) is 0.860. The minimum atomic E-state index is -4.73. The predicted octanol–water partition coefficient (Wildman–Crippen LogP) is 6.71. The number of aliphatic hydroxyl groups excluding tert-OH is 1. The van der Waals surface area contributed by atoms with E-state index in [1.165, 1.54) is 50.2 Å². The Bertz CT molecular complexity index is 2090. The highest BCUT2D eigenvalue weighted by Gasteiger charge is 2.43. The molecule has 5 aromatic rings. The lowest BCUT2D eigenvalue weighted by Gasteiger charge is -2.15. The van der Waals surface area contributed by atoms with Crippen molar-refractivity contribution in [3.05, 3.63) is 83.5 Å². The molecule has 45 heavy (non-hydrogen) atoms. The first-order chi connectivity index (χ1) is 21.0.